The van der Waals surface area contributed by atoms with Gasteiger partial charge in [0, 0.05) is 11.2 Å². The van der Waals surface area contributed by atoms with Crippen molar-refractivity contribution in [1.82, 2.24) is 4.98 Å². The maximum Gasteiger partial charge on any atom is 0.336 e. The van der Waals surface area contributed by atoms with Crippen LogP contribution in [0.15, 0.2) is 53.6 Å². The summed E-state index contributed by atoms with van der Waals surface area (Å²) in [6, 6.07) is 9.21. The van der Waals surface area contributed by atoms with E-state index in [0.717, 1.165) is 6.20 Å². The van der Waals surface area contributed by atoms with Crippen molar-refractivity contribution in [2.24, 2.45) is 0 Å². The van der Waals surface area contributed by atoms with E-state index < -0.39 is 21.8 Å². The van der Waals surface area contributed by atoms with Crippen LogP contribution in [0, 0.1) is 6.92 Å². The molecule has 160 valence electrons. The summed E-state index contributed by atoms with van der Waals surface area (Å²) in [6.07, 6.45) is 1.14. The zero-order chi connectivity index (χ0) is 22.9. The SMILES string of the molecule is Cc1cc(S(=O)(=O)Nc2cc(Cl)cnc2C(=O)c2c(Cl)cccc2C(=O)O)ccc1Cl. The molecule has 7 nitrogen and oxygen atoms in total. The lowest BCUT2D eigenvalue weighted by Gasteiger charge is -2.14. The number of aromatic carboxylic acids is 1. The molecule has 0 atom stereocenters. The van der Waals surface area contributed by atoms with Crippen molar-refractivity contribution >= 4 is 62.3 Å². The summed E-state index contributed by atoms with van der Waals surface area (Å²) in [7, 11) is -4.15. The van der Waals surface area contributed by atoms with Crippen LogP contribution < -0.4 is 4.72 Å². The molecule has 0 aliphatic rings. The van der Waals surface area contributed by atoms with Crippen molar-refractivity contribution in [3.63, 3.8) is 0 Å². The molecule has 2 aromatic carbocycles. The number of carboxylic acid groups (broad SMARTS) is 1. The summed E-state index contributed by atoms with van der Waals surface area (Å²) >= 11 is 18.0. The molecule has 0 amide bonds. The molecule has 11 heteroatoms. The lowest BCUT2D eigenvalue weighted by molar-refractivity contribution is 0.0692. The number of aryl methyl sites for hydroxylation is 1. The van der Waals surface area contributed by atoms with Gasteiger partial charge in [0.25, 0.3) is 10.0 Å². The first-order valence-electron chi connectivity index (χ1n) is 8.52. The summed E-state index contributed by atoms with van der Waals surface area (Å²) in [6.45, 7) is 1.64. The van der Waals surface area contributed by atoms with Crippen molar-refractivity contribution in [1.29, 1.82) is 0 Å². The van der Waals surface area contributed by atoms with Crippen molar-refractivity contribution in [2.45, 2.75) is 11.8 Å². The minimum Gasteiger partial charge on any atom is -0.478 e. The third kappa shape index (κ3) is 4.83. The smallest absolute Gasteiger partial charge is 0.336 e. The highest BCUT2D eigenvalue weighted by Crippen LogP contribution is 2.29. The van der Waals surface area contributed by atoms with E-state index >= 15 is 0 Å². The van der Waals surface area contributed by atoms with Gasteiger partial charge in [-0.15, -0.1) is 0 Å². The van der Waals surface area contributed by atoms with Gasteiger partial charge in [-0.25, -0.2) is 18.2 Å². The number of hydrogen-bond donors (Lipinski definition) is 2. The Balaban J connectivity index is 2.11. The normalized spacial score (nSPS) is 11.2. The van der Waals surface area contributed by atoms with E-state index in [0.29, 0.717) is 10.6 Å². The highest BCUT2D eigenvalue weighted by atomic mass is 35.5. The molecule has 3 rings (SSSR count). The summed E-state index contributed by atoms with van der Waals surface area (Å²) in [4.78, 5) is 28.5. The molecule has 0 bridgehead atoms. The highest BCUT2D eigenvalue weighted by molar-refractivity contribution is 7.92. The minimum atomic E-state index is -4.15. The summed E-state index contributed by atoms with van der Waals surface area (Å²) in [5, 5.41) is 9.73. The summed E-state index contributed by atoms with van der Waals surface area (Å²) < 4.78 is 28.0. The van der Waals surface area contributed by atoms with Crippen LogP contribution in [-0.2, 0) is 10.0 Å². The van der Waals surface area contributed by atoms with Gasteiger partial charge in [0.2, 0.25) is 5.78 Å². The molecule has 0 fully saturated rings. The van der Waals surface area contributed by atoms with Crippen molar-refractivity contribution in [2.75, 3.05) is 4.72 Å². The molecule has 0 aliphatic heterocycles. The van der Waals surface area contributed by atoms with Crippen LogP contribution >= 0.6 is 34.8 Å². The Morgan fingerprint density at radius 2 is 1.74 bits per heavy atom. The zero-order valence-corrected chi connectivity index (χ0v) is 18.8. The van der Waals surface area contributed by atoms with Gasteiger partial charge in [-0.1, -0.05) is 40.9 Å². The number of pyridine rings is 1. The van der Waals surface area contributed by atoms with Crippen LogP contribution in [0.4, 0.5) is 5.69 Å². The minimum absolute atomic E-state index is 0.0548. The van der Waals surface area contributed by atoms with Crippen molar-refractivity contribution < 1.29 is 23.1 Å². The number of ketones is 1. The monoisotopic (exact) mass is 498 g/mol. The predicted molar refractivity (Wildman–Crippen MR) is 118 cm³/mol. The fourth-order valence-electron chi connectivity index (χ4n) is 2.74. The number of anilines is 1. The summed E-state index contributed by atoms with van der Waals surface area (Å²) in [5.74, 6) is -2.26. The molecule has 0 unspecified atom stereocenters. The maximum absolute atomic E-state index is 13.1. The zero-order valence-electron chi connectivity index (χ0n) is 15.7. The van der Waals surface area contributed by atoms with Gasteiger partial charge in [0.15, 0.2) is 0 Å². The Bertz CT molecular complexity index is 1330. The fraction of sp³-hybridized carbons (Fsp3) is 0.0500. The first kappa shape index (κ1) is 23.0. The average molecular weight is 500 g/mol. The van der Waals surface area contributed by atoms with E-state index in [1.54, 1.807) is 6.92 Å². The van der Waals surface area contributed by atoms with Gasteiger partial charge in [-0.2, -0.15) is 0 Å². The molecule has 0 spiro atoms. The van der Waals surface area contributed by atoms with E-state index in [9.17, 15) is 23.1 Å². The number of halogens is 3. The molecule has 31 heavy (non-hydrogen) atoms. The number of rotatable bonds is 6. The van der Waals surface area contributed by atoms with Crippen LogP contribution in [0.2, 0.25) is 15.1 Å². The third-order valence-corrected chi connectivity index (χ3v) is 6.53. The van der Waals surface area contributed by atoms with Gasteiger partial charge in [-0.3, -0.25) is 9.52 Å². The molecule has 3 aromatic rings. The van der Waals surface area contributed by atoms with Crippen LogP contribution in [0.5, 0.6) is 0 Å². The molecule has 1 heterocycles. The molecule has 0 aliphatic carbocycles. The Hall–Kier alpha value is -2.65. The topological polar surface area (TPSA) is 113 Å². The predicted octanol–water partition coefficient (Wildman–Crippen LogP) is 5.08. The second-order valence-electron chi connectivity index (χ2n) is 6.36. The number of sulfonamides is 1. The molecule has 0 saturated heterocycles. The molecule has 0 saturated carbocycles. The molecule has 0 radical (unpaired) electrons. The number of carbonyl (C=O) groups excluding carboxylic acids is 1. The van der Waals surface area contributed by atoms with E-state index in [1.807, 2.05) is 0 Å². The lowest BCUT2D eigenvalue weighted by Crippen LogP contribution is -2.18. The quantitative estimate of drug-likeness (QED) is 0.457. The van der Waals surface area contributed by atoms with Crippen LogP contribution in [0.25, 0.3) is 0 Å². The van der Waals surface area contributed by atoms with Crippen LogP contribution in [-0.4, -0.2) is 30.3 Å². The lowest BCUT2D eigenvalue weighted by atomic mass is 10.0. The Morgan fingerprint density at radius 3 is 2.39 bits per heavy atom. The number of hydrogen-bond acceptors (Lipinski definition) is 5. The van der Waals surface area contributed by atoms with E-state index in [1.165, 1.54) is 42.5 Å². The van der Waals surface area contributed by atoms with Gasteiger partial charge in [0.05, 0.1) is 31.8 Å². The van der Waals surface area contributed by atoms with E-state index in [-0.39, 0.29) is 37.4 Å². The molecule has 2 N–H and O–H groups in total. The second kappa shape index (κ2) is 8.84. The van der Waals surface area contributed by atoms with Gasteiger partial charge in [0.1, 0.15) is 5.69 Å². The second-order valence-corrected chi connectivity index (χ2v) is 9.30. The Morgan fingerprint density at radius 1 is 1.03 bits per heavy atom. The van der Waals surface area contributed by atoms with Gasteiger partial charge >= 0.3 is 5.97 Å². The maximum atomic E-state index is 13.1. The van der Waals surface area contributed by atoms with Gasteiger partial charge < -0.3 is 5.11 Å². The number of carboxylic acids is 1. The van der Waals surface area contributed by atoms with E-state index in [2.05, 4.69) is 9.71 Å². The first-order valence-corrected chi connectivity index (χ1v) is 11.1. The van der Waals surface area contributed by atoms with Crippen LogP contribution in [0.3, 0.4) is 0 Å². The first-order chi connectivity index (χ1) is 14.5. The fourth-order valence-corrected chi connectivity index (χ4v) is 4.42. The van der Waals surface area contributed by atoms with Crippen LogP contribution in [0.1, 0.15) is 32.0 Å². The standard InChI is InChI=1S/C20H13Cl3N2O5S/c1-10-7-12(5-6-14(10)22)31(29,30)25-16-8-11(21)9-24-18(16)19(26)17-13(20(27)28)3-2-4-15(17)23/h2-9,25H,1H3,(H,27,28). The Labute approximate surface area is 192 Å². The van der Waals surface area contributed by atoms with E-state index in [4.69, 9.17) is 34.8 Å². The van der Waals surface area contributed by atoms with Crippen molar-refractivity contribution in [3.8, 4) is 0 Å². The number of nitrogens with one attached hydrogen (secondary N) is 1. The largest absolute Gasteiger partial charge is 0.478 e. The molecular formula is C20H13Cl3N2O5S. The summed E-state index contributed by atoms with van der Waals surface area (Å²) in [5.41, 5.74) is -0.742. The highest BCUT2D eigenvalue weighted by Gasteiger charge is 2.26. The average Bonchev–Trinajstić information content (AvgIpc) is 2.69. The number of aromatic nitrogens is 1. The number of carbonyl (C=O) groups is 2. The Kier molecular flexibility index (Phi) is 6.56. The molecule has 1 aromatic heterocycles. The number of benzene rings is 2. The molecular weight excluding hydrogens is 487 g/mol. The number of nitrogens with zero attached hydrogens (tertiary/aromatic N) is 1. The third-order valence-electron chi connectivity index (χ3n) is 4.22. The van der Waals surface area contributed by atoms with Gasteiger partial charge in [-0.05, 0) is 48.9 Å². The van der Waals surface area contributed by atoms with Crippen molar-refractivity contribution in [3.05, 3.63) is 86.1 Å².